The minimum atomic E-state index is 0.533. The number of pyridine rings is 1. The molecule has 0 atom stereocenters. The first kappa shape index (κ1) is 16.6. The second-order valence-corrected chi connectivity index (χ2v) is 7.04. The number of nitrogens with zero attached hydrogens (tertiary/aromatic N) is 5. The molecule has 0 unspecified atom stereocenters. The van der Waals surface area contributed by atoms with Crippen molar-refractivity contribution < 1.29 is 0 Å². The van der Waals surface area contributed by atoms with Gasteiger partial charge in [-0.25, -0.2) is 4.98 Å². The topological polar surface area (TPSA) is 67.4 Å². The van der Waals surface area contributed by atoms with Crippen LogP contribution in [-0.4, -0.2) is 19.7 Å². The molecule has 2 aromatic carbocycles. The molecule has 4 rings (SSSR count). The molecular weight excluding hydrogens is 366 g/mol. The zero-order chi connectivity index (χ0) is 18.1. The van der Waals surface area contributed by atoms with E-state index in [1.807, 2.05) is 48.0 Å². The van der Waals surface area contributed by atoms with E-state index in [9.17, 15) is 5.26 Å². The van der Waals surface area contributed by atoms with Gasteiger partial charge in [-0.3, -0.25) is 0 Å². The van der Waals surface area contributed by atoms with Gasteiger partial charge in [0, 0.05) is 23.0 Å². The summed E-state index contributed by atoms with van der Waals surface area (Å²) in [5.41, 5.74) is 2.25. The monoisotopic (exact) mass is 377 g/mol. The van der Waals surface area contributed by atoms with E-state index < -0.39 is 0 Å². The number of fused-ring (bicyclic) bond motifs is 1. The Morgan fingerprint density at radius 3 is 2.65 bits per heavy atom. The van der Waals surface area contributed by atoms with Gasteiger partial charge in [-0.15, -0.1) is 10.2 Å². The predicted octanol–water partition coefficient (Wildman–Crippen LogP) is 4.71. The van der Waals surface area contributed by atoms with Crippen LogP contribution in [0.25, 0.3) is 22.3 Å². The van der Waals surface area contributed by atoms with Gasteiger partial charge in [-0.2, -0.15) is 5.26 Å². The number of aromatic nitrogens is 4. The van der Waals surface area contributed by atoms with Crippen LogP contribution in [0.15, 0.2) is 64.8 Å². The summed E-state index contributed by atoms with van der Waals surface area (Å²) in [7, 11) is 1.91. The molecule has 0 N–H and O–H groups in total. The average molecular weight is 378 g/mol. The van der Waals surface area contributed by atoms with Crippen molar-refractivity contribution in [3.8, 4) is 17.5 Å². The molecule has 7 heteroatoms. The van der Waals surface area contributed by atoms with Crippen LogP contribution in [0.1, 0.15) is 5.56 Å². The van der Waals surface area contributed by atoms with Crippen LogP contribution in [0, 0.1) is 11.3 Å². The Morgan fingerprint density at radius 2 is 1.88 bits per heavy atom. The molecule has 0 radical (unpaired) electrons. The van der Waals surface area contributed by atoms with Crippen LogP contribution in [-0.2, 0) is 7.05 Å². The van der Waals surface area contributed by atoms with E-state index in [4.69, 9.17) is 11.6 Å². The van der Waals surface area contributed by atoms with Crippen molar-refractivity contribution in [2.45, 2.75) is 10.2 Å². The molecule has 0 aliphatic heterocycles. The smallest absolute Gasteiger partial charge is 0.197 e. The fourth-order valence-corrected chi connectivity index (χ4v) is 3.64. The molecule has 0 saturated heterocycles. The molecule has 0 spiro atoms. The van der Waals surface area contributed by atoms with Gasteiger partial charge in [-0.05, 0) is 36.0 Å². The Bertz CT molecular complexity index is 1150. The molecule has 0 bridgehead atoms. The lowest BCUT2D eigenvalue weighted by Crippen LogP contribution is -1.95. The predicted molar refractivity (Wildman–Crippen MR) is 102 cm³/mol. The highest BCUT2D eigenvalue weighted by molar-refractivity contribution is 7.99. The first-order valence-electron chi connectivity index (χ1n) is 7.79. The number of nitriles is 1. The first-order chi connectivity index (χ1) is 12.7. The summed E-state index contributed by atoms with van der Waals surface area (Å²) in [4.78, 5) is 4.62. The second kappa shape index (κ2) is 6.79. The maximum atomic E-state index is 9.46. The average Bonchev–Trinajstić information content (AvgIpc) is 3.02. The highest BCUT2D eigenvalue weighted by Crippen LogP contribution is 2.31. The van der Waals surface area contributed by atoms with Gasteiger partial charge in [0.2, 0.25) is 0 Å². The van der Waals surface area contributed by atoms with E-state index in [1.54, 1.807) is 18.2 Å². The largest absolute Gasteiger partial charge is 0.305 e. The number of hydrogen-bond acceptors (Lipinski definition) is 5. The van der Waals surface area contributed by atoms with E-state index in [-0.39, 0.29) is 0 Å². The zero-order valence-electron chi connectivity index (χ0n) is 13.7. The van der Waals surface area contributed by atoms with Crippen LogP contribution in [0.2, 0.25) is 5.02 Å². The summed E-state index contributed by atoms with van der Waals surface area (Å²) in [6.07, 6.45) is 0. The van der Waals surface area contributed by atoms with Gasteiger partial charge < -0.3 is 4.57 Å². The molecule has 0 amide bonds. The molecule has 2 aromatic heterocycles. The number of hydrogen-bond donors (Lipinski definition) is 0. The summed E-state index contributed by atoms with van der Waals surface area (Å²) >= 11 is 7.41. The van der Waals surface area contributed by atoms with Crippen molar-refractivity contribution >= 4 is 34.3 Å². The fourth-order valence-electron chi connectivity index (χ4n) is 2.65. The van der Waals surface area contributed by atoms with Crippen LogP contribution in [0.5, 0.6) is 0 Å². The molecule has 0 aliphatic rings. The third-order valence-corrected chi connectivity index (χ3v) is 5.12. The van der Waals surface area contributed by atoms with Gasteiger partial charge in [0.25, 0.3) is 0 Å². The minimum Gasteiger partial charge on any atom is -0.305 e. The summed E-state index contributed by atoms with van der Waals surface area (Å²) in [6, 6.07) is 19.2. The lowest BCUT2D eigenvalue weighted by Gasteiger charge is -2.06. The Kier molecular flexibility index (Phi) is 4.33. The summed E-state index contributed by atoms with van der Waals surface area (Å²) in [5, 5.41) is 20.7. The van der Waals surface area contributed by atoms with Crippen LogP contribution in [0.4, 0.5) is 0 Å². The summed E-state index contributed by atoms with van der Waals surface area (Å²) in [5.74, 6) is 0.779. The van der Waals surface area contributed by atoms with Gasteiger partial charge in [-0.1, -0.05) is 41.9 Å². The molecule has 26 heavy (non-hydrogen) atoms. The van der Waals surface area contributed by atoms with E-state index in [0.717, 1.165) is 22.3 Å². The van der Waals surface area contributed by atoms with Gasteiger partial charge >= 0.3 is 0 Å². The van der Waals surface area contributed by atoms with Crippen molar-refractivity contribution in [3.05, 3.63) is 65.2 Å². The number of halogens is 1. The number of rotatable bonds is 3. The highest BCUT2D eigenvalue weighted by atomic mass is 35.5. The normalized spacial score (nSPS) is 10.8. The molecule has 5 nitrogen and oxygen atoms in total. The Labute approximate surface area is 159 Å². The Hall–Kier alpha value is -2.88. The van der Waals surface area contributed by atoms with E-state index in [1.165, 1.54) is 11.8 Å². The second-order valence-electron chi connectivity index (χ2n) is 5.61. The standard InChI is InChI=1S/C19H12ClN5S/c1-25-18(12-5-3-2-4-6-12)23-24-19(25)26-17-9-13(11-21)15-10-14(20)7-8-16(15)22-17/h2-10H,1H3. The van der Waals surface area contributed by atoms with Gasteiger partial charge in [0.15, 0.2) is 11.0 Å². The SMILES string of the molecule is Cn1c(Sc2cc(C#N)c3cc(Cl)ccc3n2)nnc1-c1ccccc1. The molecular formula is C19H12ClN5S. The van der Waals surface area contributed by atoms with E-state index in [0.29, 0.717) is 20.8 Å². The van der Waals surface area contributed by atoms with E-state index >= 15 is 0 Å². The summed E-state index contributed by atoms with van der Waals surface area (Å²) in [6.45, 7) is 0. The maximum Gasteiger partial charge on any atom is 0.197 e. The van der Waals surface area contributed by atoms with Crippen molar-refractivity contribution in [2.75, 3.05) is 0 Å². The van der Waals surface area contributed by atoms with Crippen LogP contribution >= 0.6 is 23.4 Å². The first-order valence-corrected chi connectivity index (χ1v) is 8.98. The molecule has 2 heterocycles. The minimum absolute atomic E-state index is 0.533. The van der Waals surface area contributed by atoms with Gasteiger partial charge in [0.05, 0.1) is 17.1 Å². The lowest BCUT2D eigenvalue weighted by molar-refractivity contribution is 0.792. The highest BCUT2D eigenvalue weighted by Gasteiger charge is 2.14. The van der Waals surface area contributed by atoms with Gasteiger partial charge in [0.1, 0.15) is 5.03 Å². The lowest BCUT2D eigenvalue weighted by atomic mass is 10.1. The molecule has 4 aromatic rings. The van der Waals surface area contributed by atoms with Crippen molar-refractivity contribution in [1.82, 2.24) is 19.7 Å². The number of benzene rings is 2. The summed E-state index contributed by atoms with van der Waals surface area (Å²) < 4.78 is 1.92. The molecule has 126 valence electrons. The fraction of sp³-hybridized carbons (Fsp3) is 0.0526. The van der Waals surface area contributed by atoms with Crippen LogP contribution < -0.4 is 0 Å². The Morgan fingerprint density at radius 1 is 1.08 bits per heavy atom. The quantitative estimate of drug-likeness (QED) is 0.517. The maximum absolute atomic E-state index is 9.46. The van der Waals surface area contributed by atoms with Crippen molar-refractivity contribution in [2.24, 2.45) is 7.05 Å². The molecule has 0 saturated carbocycles. The van der Waals surface area contributed by atoms with E-state index in [2.05, 4.69) is 21.3 Å². The van der Waals surface area contributed by atoms with Crippen LogP contribution in [0.3, 0.4) is 0 Å². The third kappa shape index (κ3) is 3.03. The third-order valence-electron chi connectivity index (χ3n) is 3.93. The molecule has 0 fully saturated rings. The van der Waals surface area contributed by atoms with Crippen molar-refractivity contribution in [1.29, 1.82) is 5.26 Å². The van der Waals surface area contributed by atoms with Crippen molar-refractivity contribution in [3.63, 3.8) is 0 Å². The zero-order valence-corrected chi connectivity index (χ0v) is 15.3. The molecule has 0 aliphatic carbocycles. The Balaban J connectivity index is 1.73.